The molecule has 4 heteroatoms. The summed E-state index contributed by atoms with van der Waals surface area (Å²) in [5, 5.41) is 9.29. The van der Waals surface area contributed by atoms with E-state index in [9.17, 15) is 4.79 Å². The number of hydrogen-bond acceptors (Lipinski definition) is 3. The van der Waals surface area contributed by atoms with Gasteiger partial charge in [-0.1, -0.05) is 6.08 Å². The van der Waals surface area contributed by atoms with Crippen molar-refractivity contribution in [3.63, 3.8) is 0 Å². The molecular weight excluding hydrogens is 162 g/mol. The van der Waals surface area contributed by atoms with Crippen LogP contribution in [0, 0.1) is 0 Å². The van der Waals surface area contributed by atoms with Crippen molar-refractivity contribution in [3.05, 3.63) is 12.3 Å². The number of aliphatic hydroxyl groups excluding tert-OH is 1. The van der Waals surface area contributed by atoms with Crippen molar-refractivity contribution in [1.29, 1.82) is 0 Å². The van der Waals surface area contributed by atoms with Gasteiger partial charge in [-0.2, -0.15) is 0 Å². The van der Waals surface area contributed by atoms with Crippen molar-refractivity contribution in [2.75, 3.05) is 6.61 Å². The van der Waals surface area contributed by atoms with Gasteiger partial charge >= 0.3 is 0 Å². The van der Waals surface area contributed by atoms with Gasteiger partial charge in [0, 0.05) is 11.4 Å². The van der Waals surface area contributed by atoms with Gasteiger partial charge in [-0.25, -0.2) is 0 Å². The Hall–Kier alpha value is -0.480. The van der Waals surface area contributed by atoms with Gasteiger partial charge in [0.2, 0.25) is 5.91 Å². The lowest BCUT2D eigenvalue weighted by molar-refractivity contribution is -0.137. The number of carbonyl (C=O) groups is 1. The molecule has 3 nitrogen and oxygen atoms in total. The van der Waals surface area contributed by atoms with E-state index in [0.29, 0.717) is 11.8 Å². The van der Waals surface area contributed by atoms with Crippen LogP contribution >= 0.6 is 11.8 Å². The second-order valence-corrected chi connectivity index (χ2v) is 4.08. The molecule has 0 aromatic rings. The van der Waals surface area contributed by atoms with Crippen LogP contribution in [0.5, 0.6) is 0 Å². The largest absolute Gasteiger partial charge is 0.395 e. The molecule has 0 aromatic heterocycles. The van der Waals surface area contributed by atoms with Crippen LogP contribution in [0.1, 0.15) is 6.42 Å². The monoisotopic (exact) mass is 171 g/mol. The van der Waals surface area contributed by atoms with Gasteiger partial charge in [-0.05, 0) is 0 Å². The molecule has 2 heterocycles. The molecule has 1 unspecified atom stereocenters. The van der Waals surface area contributed by atoms with E-state index in [4.69, 9.17) is 5.11 Å². The molecule has 0 spiro atoms. The van der Waals surface area contributed by atoms with Crippen LogP contribution < -0.4 is 0 Å². The Labute approximate surface area is 69.1 Å². The fourth-order valence-corrected chi connectivity index (χ4v) is 2.44. The van der Waals surface area contributed by atoms with E-state index in [1.807, 2.05) is 6.08 Å². The lowest BCUT2D eigenvalue weighted by Crippen LogP contribution is -2.49. The molecular formula is C7H9NO2S. The molecule has 1 amide bonds. The predicted molar refractivity (Wildman–Crippen MR) is 42.9 cm³/mol. The molecule has 0 aliphatic carbocycles. The lowest BCUT2D eigenvalue weighted by Gasteiger charge is -2.41. The third-order valence-corrected chi connectivity index (χ3v) is 3.28. The zero-order chi connectivity index (χ0) is 7.84. The van der Waals surface area contributed by atoms with Crippen LogP contribution in [0.2, 0.25) is 0 Å². The first kappa shape index (κ1) is 7.18. The van der Waals surface area contributed by atoms with Crippen molar-refractivity contribution in [1.82, 2.24) is 4.90 Å². The van der Waals surface area contributed by atoms with Crippen LogP contribution in [0.15, 0.2) is 12.3 Å². The van der Waals surface area contributed by atoms with Gasteiger partial charge in [-0.15, -0.1) is 11.8 Å². The highest BCUT2D eigenvalue weighted by molar-refractivity contribution is 8.00. The number of rotatable bonds is 1. The highest BCUT2D eigenvalue weighted by atomic mass is 32.2. The van der Waals surface area contributed by atoms with Crippen molar-refractivity contribution >= 4 is 17.7 Å². The maximum Gasteiger partial charge on any atom is 0.230 e. The minimum Gasteiger partial charge on any atom is -0.395 e. The van der Waals surface area contributed by atoms with Crippen molar-refractivity contribution in [2.24, 2.45) is 0 Å². The SMILES string of the molecule is O=C1C[C@H]2SC(CO)C=CN12. The first-order chi connectivity index (χ1) is 5.31. The van der Waals surface area contributed by atoms with E-state index >= 15 is 0 Å². The first-order valence-electron chi connectivity index (χ1n) is 3.57. The molecule has 0 radical (unpaired) electrons. The van der Waals surface area contributed by atoms with Gasteiger partial charge in [0.05, 0.1) is 18.4 Å². The minimum atomic E-state index is 0.166. The highest BCUT2D eigenvalue weighted by Crippen LogP contribution is 2.36. The maximum atomic E-state index is 10.9. The summed E-state index contributed by atoms with van der Waals surface area (Å²) < 4.78 is 0. The number of hydrogen-bond donors (Lipinski definition) is 1. The average Bonchev–Trinajstić information content (AvgIpc) is 2.02. The van der Waals surface area contributed by atoms with Crippen LogP contribution in [-0.4, -0.2) is 33.1 Å². The van der Waals surface area contributed by atoms with Crippen LogP contribution in [0.3, 0.4) is 0 Å². The molecule has 0 aromatic carbocycles. The van der Waals surface area contributed by atoms with Gasteiger partial charge < -0.3 is 10.0 Å². The summed E-state index contributed by atoms with van der Waals surface area (Å²) >= 11 is 1.65. The summed E-state index contributed by atoms with van der Waals surface area (Å²) in [6, 6.07) is 0. The third kappa shape index (κ3) is 1.06. The Morgan fingerprint density at radius 1 is 1.82 bits per heavy atom. The van der Waals surface area contributed by atoms with Gasteiger partial charge in [0.1, 0.15) is 0 Å². The second kappa shape index (κ2) is 2.53. The normalized spacial score (nSPS) is 35.0. The molecule has 1 N–H and O–H groups in total. The molecule has 60 valence electrons. The van der Waals surface area contributed by atoms with Crippen LogP contribution in [0.25, 0.3) is 0 Å². The van der Waals surface area contributed by atoms with E-state index in [-0.39, 0.29) is 17.8 Å². The zero-order valence-electron chi connectivity index (χ0n) is 5.93. The Balaban J connectivity index is 2.06. The first-order valence-corrected chi connectivity index (χ1v) is 4.51. The van der Waals surface area contributed by atoms with E-state index in [1.165, 1.54) is 0 Å². The van der Waals surface area contributed by atoms with E-state index in [1.54, 1.807) is 22.9 Å². The van der Waals surface area contributed by atoms with E-state index in [0.717, 1.165) is 0 Å². The van der Waals surface area contributed by atoms with Gasteiger partial charge in [0.25, 0.3) is 0 Å². The molecule has 0 saturated carbocycles. The molecule has 11 heavy (non-hydrogen) atoms. The van der Waals surface area contributed by atoms with Crippen molar-refractivity contribution in [2.45, 2.75) is 17.0 Å². The second-order valence-electron chi connectivity index (χ2n) is 2.66. The Kier molecular flexibility index (Phi) is 1.65. The summed E-state index contributed by atoms with van der Waals surface area (Å²) in [5.74, 6) is 0.190. The molecule has 2 aliphatic heterocycles. The molecule has 1 fully saturated rings. The zero-order valence-corrected chi connectivity index (χ0v) is 6.75. The predicted octanol–water partition coefficient (Wildman–Crippen LogP) is 0.166. The summed E-state index contributed by atoms with van der Waals surface area (Å²) in [5.41, 5.74) is 0. The number of nitrogens with zero attached hydrogens (tertiary/aromatic N) is 1. The Bertz CT molecular complexity index is 216. The molecule has 1 saturated heterocycles. The number of amides is 1. The minimum absolute atomic E-state index is 0.166. The third-order valence-electron chi connectivity index (χ3n) is 1.92. The number of aliphatic hydroxyl groups is 1. The summed E-state index contributed by atoms with van der Waals surface area (Å²) in [4.78, 5) is 12.6. The number of β-lactam (4-membered cyclic amide) rings is 1. The van der Waals surface area contributed by atoms with Gasteiger partial charge in [0.15, 0.2) is 0 Å². The Morgan fingerprint density at radius 3 is 3.18 bits per heavy atom. The smallest absolute Gasteiger partial charge is 0.230 e. The standard InChI is InChI=1S/C7H9NO2S/c9-4-5-1-2-8-6(10)3-7(8)11-5/h1-2,5,7,9H,3-4H2/t5?,7-/m1/s1. The van der Waals surface area contributed by atoms with Crippen LogP contribution in [0.4, 0.5) is 0 Å². The van der Waals surface area contributed by atoms with E-state index < -0.39 is 0 Å². The molecule has 2 rings (SSSR count). The Morgan fingerprint density at radius 2 is 2.64 bits per heavy atom. The molecule has 0 bridgehead atoms. The van der Waals surface area contributed by atoms with E-state index in [2.05, 4.69) is 0 Å². The van der Waals surface area contributed by atoms with Crippen molar-refractivity contribution in [3.8, 4) is 0 Å². The van der Waals surface area contributed by atoms with Gasteiger partial charge in [-0.3, -0.25) is 4.79 Å². The fraction of sp³-hybridized carbons (Fsp3) is 0.571. The summed E-state index contributed by atoms with van der Waals surface area (Å²) in [6.07, 6.45) is 4.29. The quantitative estimate of drug-likeness (QED) is 0.572. The maximum absolute atomic E-state index is 10.9. The topological polar surface area (TPSA) is 40.5 Å². The summed E-state index contributed by atoms with van der Waals surface area (Å²) in [7, 11) is 0. The van der Waals surface area contributed by atoms with Crippen molar-refractivity contribution < 1.29 is 9.90 Å². The highest BCUT2D eigenvalue weighted by Gasteiger charge is 2.38. The summed E-state index contributed by atoms with van der Waals surface area (Å²) in [6.45, 7) is 0.166. The van der Waals surface area contributed by atoms with Crippen LogP contribution in [-0.2, 0) is 4.79 Å². The average molecular weight is 171 g/mol. The number of fused-ring (bicyclic) bond motifs is 1. The number of carbonyl (C=O) groups excluding carboxylic acids is 1. The fourth-order valence-electron chi connectivity index (χ4n) is 1.23. The molecule has 2 aliphatic rings. The molecule has 2 atom stereocenters. The number of thioether (sulfide) groups is 1. The lowest BCUT2D eigenvalue weighted by atomic mass is 10.2.